The van der Waals surface area contributed by atoms with Crippen LogP contribution in [-0.4, -0.2) is 56.1 Å². The number of amides is 1. The third kappa shape index (κ3) is 3.47. The second kappa shape index (κ2) is 7.84. The lowest BCUT2D eigenvalue weighted by atomic mass is 9.89. The first-order valence-corrected chi connectivity index (χ1v) is 9.97. The predicted octanol–water partition coefficient (Wildman–Crippen LogP) is 3.47. The van der Waals surface area contributed by atoms with E-state index >= 15 is 0 Å². The van der Waals surface area contributed by atoms with E-state index in [9.17, 15) is 4.79 Å². The van der Waals surface area contributed by atoms with Gasteiger partial charge in [-0.05, 0) is 55.8 Å². The van der Waals surface area contributed by atoms with E-state index < -0.39 is 0 Å². The van der Waals surface area contributed by atoms with Crippen molar-refractivity contribution in [3.8, 4) is 11.5 Å². The summed E-state index contributed by atoms with van der Waals surface area (Å²) < 4.78 is 10.8. The summed E-state index contributed by atoms with van der Waals surface area (Å²) in [6.07, 6.45) is 0. The number of rotatable bonds is 5. The van der Waals surface area contributed by atoms with Crippen molar-refractivity contribution in [3.05, 3.63) is 59.7 Å². The van der Waals surface area contributed by atoms with E-state index in [0.717, 1.165) is 31.1 Å². The first kappa shape index (κ1) is 18.8. The number of hydrogen-bond acceptors (Lipinski definition) is 4. The van der Waals surface area contributed by atoms with Gasteiger partial charge >= 0.3 is 0 Å². The minimum absolute atomic E-state index is 0.104. The van der Waals surface area contributed by atoms with Crippen LogP contribution in [0.25, 0.3) is 0 Å². The number of likely N-dealkylation sites (tertiary alicyclic amines) is 2. The van der Waals surface area contributed by atoms with Crippen LogP contribution >= 0.6 is 0 Å². The number of fused-ring (bicyclic) bond motifs is 1. The van der Waals surface area contributed by atoms with Crippen LogP contribution < -0.4 is 9.47 Å². The van der Waals surface area contributed by atoms with Crippen molar-refractivity contribution in [1.29, 1.82) is 0 Å². The van der Waals surface area contributed by atoms with Gasteiger partial charge in [0.15, 0.2) is 0 Å². The molecule has 2 aliphatic rings. The molecule has 0 aromatic heterocycles. The highest BCUT2D eigenvalue weighted by Crippen LogP contribution is 2.44. The fourth-order valence-electron chi connectivity index (χ4n) is 4.79. The highest BCUT2D eigenvalue weighted by molar-refractivity contribution is 5.94. The summed E-state index contributed by atoms with van der Waals surface area (Å²) in [5.74, 6) is 2.70. The van der Waals surface area contributed by atoms with Crippen LogP contribution in [0.15, 0.2) is 48.5 Å². The Morgan fingerprint density at radius 2 is 1.86 bits per heavy atom. The average molecular weight is 380 g/mol. The molecule has 2 fully saturated rings. The predicted molar refractivity (Wildman–Crippen MR) is 109 cm³/mol. The second-order valence-corrected chi connectivity index (χ2v) is 7.75. The molecular weight excluding hydrogens is 352 g/mol. The molecule has 2 aromatic rings. The third-order valence-electron chi connectivity index (χ3n) is 6.03. The molecule has 2 aliphatic heterocycles. The Hall–Kier alpha value is -2.53. The van der Waals surface area contributed by atoms with Gasteiger partial charge in [-0.25, -0.2) is 0 Å². The molecule has 2 heterocycles. The largest absolute Gasteiger partial charge is 0.497 e. The van der Waals surface area contributed by atoms with Crippen LogP contribution in [0, 0.1) is 11.8 Å². The van der Waals surface area contributed by atoms with Gasteiger partial charge in [-0.2, -0.15) is 0 Å². The Kier molecular flexibility index (Phi) is 5.27. The summed E-state index contributed by atoms with van der Waals surface area (Å²) in [5, 5.41) is 0. The van der Waals surface area contributed by atoms with E-state index in [-0.39, 0.29) is 5.91 Å². The van der Waals surface area contributed by atoms with Crippen molar-refractivity contribution >= 4 is 5.91 Å². The second-order valence-electron chi connectivity index (χ2n) is 7.75. The van der Waals surface area contributed by atoms with E-state index in [1.807, 2.05) is 48.2 Å². The molecule has 1 amide bonds. The fraction of sp³-hybridized carbons (Fsp3) is 0.435. The maximum Gasteiger partial charge on any atom is 0.254 e. The van der Waals surface area contributed by atoms with Gasteiger partial charge in [-0.3, -0.25) is 9.69 Å². The van der Waals surface area contributed by atoms with E-state index in [1.165, 1.54) is 5.56 Å². The Balaban J connectivity index is 1.50. The standard InChI is InChI=1S/C23H28N2O3/c1-4-28-20-7-5-6-17(12-20)23(26)25-14-18-13-24(2)22(21(18)15-25)16-8-10-19(27-3)11-9-16/h5-12,18,21-22H,4,13-15H2,1-3H3/t18-,21+,22-/m0/s1. The van der Waals surface area contributed by atoms with Gasteiger partial charge < -0.3 is 14.4 Å². The Morgan fingerprint density at radius 1 is 1.07 bits per heavy atom. The van der Waals surface area contributed by atoms with Gasteiger partial charge in [0.1, 0.15) is 11.5 Å². The monoisotopic (exact) mass is 380 g/mol. The summed E-state index contributed by atoms with van der Waals surface area (Å²) in [5.41, 5.74) is 2.00. The fourth-order valence-corrected chi connectivity index (χ4v) is 4.79. The summed E-state index contributed by atoms with van der Waals surface area (Å²) in [4.78, 5) is 17.5. The summed E-state index contributed by atoms with van der Waals surface area (Å²) in [6, 6.07) is 16.2. The average Bonchev–Trinajstić information content (AvgIpc) is 3.24. The topological polar surface area (TPSA) is 42.0 Å². The van der Waals surface area contributed by atoms with Crippen molar-refractivity contribution in [2.24, 2.45) is 11.8 Å². The van der Waals surface area contributed by atoms with Gasteiger partial charge in [0.05, 0.1) is 13.7 Å². The highest BCUT2D eigenvalue weighted by atomic mass is 16.5. The molecule has 28 heavy (non-hydrogen) atoms. The molecule has 0 N–H and O–H groups in total. The normalized spacial score (nSPS) is 24.2. The number of methoxy groups -OCH3 is 1. The van der Waals surface area contributed by atoms with E-state index in [0.29, 0.717) is 30.0 Å². The lowest BCUT2D eigenvalue weighted by Gasteiger charge is -2.27. The zero-order chi connectivity index (χ0) is 19.7. The summed E-state index contributed by atoms with van der Waals surface area (Å²) in [6.45, 7) is 5.18. The van der Waals surface area contributed by atoms with Crippen molar-refractivity contribution in [2.45, 2.75) is 13.0 Å². The number of hydrogen-bond donors (Lipinski definition) is 0. The number of benzene rings is 2. The summed E-state index contributed by atoms with van der Waals surface area (Å²) >= 11 is 0. The SMILES string of the molecule is CCOc1cccc(C(=O)N2C[C@@H]3CN(C)[C@@H](c4ccc(OC)cc4)[C@@H]3C2)c1. The molecule has 0 unspecified atom stereocenters. The van der Waals surface area contributed by atoms with Crippen molar-refractivity contribution in [2.75, 3.05) is 40.4 Å². The van der Waals surface area contributed by atoms with Crippen LogP contribution in [0.4, 0.5) is 0 Å². The number of carbonyl (C=O) groups excluding carboxylic acids is 1. The van der Waals surface area contributed by atoms with Crippen LogP contribution in [0.1, 0.15) is 28.9 Å². The van der Waals surface area contributed by atoms with Gasteiger partial charge in [0.25, 0.3) is 5.91 Å². The molecule has 5 heteroatoms. The van der Waals surface area contributed by atoms with Crippen LogP contribution in [-0.2, 0) is 0 Å². The maximum absolute atomic E-state index is 13.1. The summed E-state index contributed by atoms with van der Waals surface area (Å²) in [7, 11) is 3.87. The van der Waals surface area contributed by atoms with Crippen LogP contribution in [0.5, 0.6) is 11.5 Å². The molecule has 4 rings (SSSR count). The molecule has 0 bridgehead atoms. The van der Waals surface area contributed by atoms with Gasteiger partial charge in [-0.15, -0.1) is 0 Å². The smallest absolute Gasteiger partial charge is 0.254 e. The minimum Gasteiger partial charge on any atom is -0.497 e. The number of carbonyl (C=O) groups is 1. The zero-order valence-corrected chi connectivity index (χ0v) is 16.8. The van der Waals surface area contributed by atoms with E-state index in [2.05, 4.69) is 24.1 Å². The lowest BCUT2D eigenvalue weighted by molar-refractivity contribution is 0.0767. The van der Waals surface area contributed by atoms with E-state index in [1.54, 1.807) is 7.11 Å². The Labute approximate surface area is 166 Å². The van der Waals surface area contributed by atoms with Crippen molar-refractivity contribution in [1.82, 2.24) is 9.80 Å². The van der Waals surface area contributed by atoms with Gasteiger partial charge in [0, 0.05) is 37.2 Å². The maximum atomic E-state index is 13.1. The van der Waals surface area contributed by atoms with Gasteiger partial charge in [0.2, 0.25) is 0 Å². The van der Waals surface area contributed by atoms with Crippen molar-refractivity contribution in [3.63, 3.8) is 0 Å². The van der Waals surface area contributed by atoms with Crippen molar-refractivity contribution < 1.29 is 14.3 Å². The first-order chi connectivity index (χ1) is 13.6. The molecule has 2 saturated heterocycles. The number of nitrogens with zero attached hydrogens (tertiary/aromatic N) is 2. The highest BCUT2D eigenvalue weighted by Gasteiger charge is 2.47. The molecule has 3 atom stereocenters. The zero-order valence-electron chi connectivity index (χ0n) is 16.8. The lowest BCUT2D eigenvalue weighted by Crippen LogP contribution is -2.33. The molecule has 0 spiro atoms. The van der Waals surface area contributed by atoms with E-state index in [4.69, 9.17) is 9.47 Å². The number of ether oxygens (including phenoxy) is 2. The molecule has 2 aromatic carbocycles. The Bertz CT molecular complexity index is 836. The molecule has 0 radical (unpaired) electrons. The molecule has 0 saturated carbocycles. The van der Waals surface area contributed by atoms with Crippen LogP contribution in [0.2, 0.25) is 0 Å². The molecule has 5 nitrogen and oxygen atoms in total. The van der Waals surface area contributed by atoms with Gasteiger partial charge in [-0.1, -0.05) is 18.2 Å². The molecule has 0 aliphatic carbocycles. The quantitative estimate of drug-likeness (QED) is 0.797. The molecular formula is C23H28N2O3. The first-order valence-electron chi connectivity index (χ1n) is 9.97. The van der Waals surface area contributed by atoms with Crippen LogP contribution in [0.3, 0.4) is 0 Å². The third-order valence-corrected chi connectivity index (χ3v) is 6.03. The molecule has 148 valence electrons. The minimum atomic E-state index is 0.104. The Morgan fingerprint density at radius 3 is 2.57 bits per heavy atom.